The van der Waals surface area contributed by atoms with Crippen LogP contribution in [-0.2, 0) is 19.4 Å². The third-order valence-electron chi connectivity index (χ3n) is 2.81. The second kappa shape index (κ2) is 7.18. The number of halogens is 1. The molecule has 9 heteroatoms. The minimum Gasteiger partial charge on any atom is -0.480 e. The van der Waals surface area contributed by atoms with Gasteiger partial charge in [-0.1, -0.05) is 11.6 Å². The zero-order chi connectivity index (χ0) is 17.8. The number of carbonyl (C=O) groups is 2. The van der Waals surface area contributed by atoms with E-state index in [1.54, 1.807) is 24.3 Å². The maximum Gasteiger partial charge on any atom is 0.327 e. The van der Waals surface area contributed by atoms with E-state index in [0.29, 0.717) is 10.8 Å². The average Bonchev–Trinajstić information content (AvgIpc) is 2.38. The van der Waals surface area contributed by atoms with Crippen LogP contribution in [0, 0.1) is 0 Å². The van der Waals surface area contributed by atoms with Gasteiger partial charge in [-0.2, -0.15) is 0 Å². The first-order valence-electron chi connectivity index (χ1n) is 6.57. The third kappa shape index (κ3) is 6.45. The quantitative estimate of drug-likeness (QED) is 0.751. The summed E-state index contributed by atoms with van der Waals surface area (Å²) >= 11 is 5.75. The Hall–Kier alpha value is -1.80. The summed E-state index contributed by atoms with van der Waals surface area (Å²) in [6, 6.07) is 4.72. The van der Waals surface area contributed by atoms with E-state index >= 15 is 0 Å². The van der Waals surface area contributed by atoms with Gasteiger partial charge in [-0.15, -0.1) is 0 Å². The molecule has 1 aromatic rings. The maximum atomic E-state index is 12.2. The van der Waals surface area contributed by atoms with Crippen LogP contribution in [0.3, 0.4) is 0 Å². The Bertz CT molecular complexity index is 684. The molecule has 0 bridgehead atoms. The molecule has 0 aromatic heterocycles. The second-order valence-corrected chi connectivity index (χ2v) is 8.14. The van der Waals surface area contributed by atoms with Gasteiger partial charge in [0, 0.05) is 11.3 Å². The highest BCUT2D eigenvalue weighted by molar-refractivity contribution is 7.90. The van der Waals surface area contributed by atoms with Crippen molar-refractivity contribution in [2.45, 2.75) is 25.5 Å². The lowest BCUT2D eigenvalue weighted by molar-refractivity contribution is -0.144. The number of sulfone groups is 1. The van der Waals surface area contributed by atoms with Gasteiger partial charge in [0.05, 0.1) is 5.75 Å². The van der Waals surface area contributed by atoms with Crippen molar-refractivity contribution >= 4 is 33.3 Å². The summed E-state index contributed by atoms with van der Waals surface area (Å²) in [4.78, 5) is 23.3. The van der Waals surface area contributed by atoms with Crippen molar-refractivity contribution in [3.05, 3.63) is 29.3 Å². The van der Waals surface area contributed by atoms with E-state index in [4.69, 9.17) is 21.4 Å². The minimum absolute atomic E-state index is 0.365. The number of ether oxygens (including phenoxy) is 1. The lowest BCUT2D eigenvalue weighted by atomic mass is 10.1. The Labute approximate surface area is 139 Å². The Morgan fingerprint density at radius 3 is 2.26 bits per heavy atom. The highest BCUT2D eigenvalue weighted by Gasteiger charge is 2.34. The number of aliphatic carboxylic acids is 1. The number of carboxylic acids is 1. The van der Waals surface area contributed by atoms with Gasteiger partial charge in [-0.25, -0.2) is 13.2 Å². The summed E-state index contributed by atoms with van der Waals surface area (Å²) in [7, 11) is -3.57. The van der Waals surface area contributed by atoms with E-state index in [-0.39, 0.29) is 0 Å². The number of carbonyl (C=O) groups excluding carboxylic acids is 1. The van der Waals surface area contributed by atoms with Gasteiger partial charge in [0.25, 0.3) is 5.91 Å². The molecule has 0 aliphatic carbocycles. The molecule has 1 atom stereocenters. The van der Waals surface area contributed by atoms with Gasteiger partial charge in [0.1, 0.15) is 21.6 Å². The first-order chi connectivity index (χ1) is 10.4. The molecule has 128 valence electrons. The lowest BCUT2D eigenvalue weighted by Gasteiger charge is -2.27. The van der Waals surface area contributed by atoms with Crippen LogP contribution in [-0.4, -0.2) is 49.1 Å². The highest BCUT2D eigenvalue weighted by Crippen LogP contribution is 2.21. The van der Waals surface area contributed by atoms with Crippen molar-refractivity contribution in [1.29, 1.82) is 0 Å². The monoisotopic (exact) mass is 363 g/mol. The smallest absolute Gasteiger partial charge is 0.327 e. The van der Waals surface area contributed by atoms with Crippen molar-refractivity contribution in [3.8, 4) is 5.75 Å². The van der Waals surface area contributed by atoms with E-state index in [1.165, 1.54) is 13.8 Å². The standard InChI is InChI=1S/C14H18ClNO6S/c1-14(2,22-10-6-4-9(15)5-7-10)13(19)16-11(12(17)18)8-23(3,20)21/h4-7,11H,8H2,1-3H3,(H,16,19)(H,17,18)/t11-/m0/s1. The fraction of sp³-hybridized carbons (Fsp3) is 0.429. The van der Waals surface area contributed by atoms with Gasteiger partial charge in [0.15, 0.2) is 5.60 Å². The molecule has 0 aliphatic rings. The zero-order valence-corrected chi connectivity index (χ0v) is 14.4. The number of amides is 1. The molecule has 23 heavy (non-hydrogen) atoms. The molecule has 1 amide bonds. The molecule has 0 saturated carbocycles. The van der Waals surface area contributed by atoms with Crippen LogP contribution >= 0.6 is 11.6 Å². The number of nitrogens with one attached hydrogen (secondary N) is 1. The summed E-state index contributed by atoms with van der Waals surface area (Å²) in [5, 5.41) is 11.7. The van der Waals surface area contributed by atoms with Crippen molar-refractivity contribution < 1.29 is 27.9 Å². The molecule has 0 aliphatic heterocycles. The van der Waals surface area contributed by atoms with Crippen LogP contribution in [0.2, 0.25) is 5.02 Å². The van der Waals surface area contributed by atoms with Gasteiger partial charge in [-0.3, -0.25) is 4.79 Å². The number of rotatable bonds is 7. The van der Waals surface area contributed by atoms with Crippen LogP contribution < -0.4 is 10.1 Å². The molecular weight excluding hydrogens is 346 g/mol. The normalized spacial score (nSPS) is 13.2. The van der Waals surface area contributed by atoms with Crippen LogP contribution in [0.1, 0.15) is 13.8 Å². The van der Waals surface area contributed by atoms with E-state index in [0.717, 1.165) is 6.26 Å². The lowest BCUT2D eigenvalue weighted by Crippen LogP contribution is -2.54. The summed E-state index contributed by atoms with van der Waals surface area (Å²) in [6.45, 7) is 2.88. The van der Waals surface area contributed by atoms with Crippen LogP contribution in [0.15, 0.2) is 24.3 Å². The highest BCUT2D eigenvalue weighted by atomic mass is 35.5. The molecule has 0 fully saturated rings. The Kier molecular flexibility index (Phi) is 6.01. The van der Waals surface area contributed by atoms with Crippen LogP contribution in [0.4, 0.5) is 0 Å². The Morgan fingerprint density at radius 1 is 1.30 bits per heavy atom. The SMILES string of the molecule is CC(C)(Oc1ccc(Cl)cc1)C(=O)N[C@@H](CS(C)(=O)=O)C(=O)O. The largest absolute Gasteiger partial charge is 0.480 e. The van der Waals surface area contributed by atoms with Crippen molar-refractivity contribution in [2.75, 3.05) is 12.0 Å². The Balaban J connectivity index is 2.83. The van der Waals surface area contributed by atoms with E-state index in [2.05, 4.69) is 5.32 Å². The van der Waals surface area contributed by atoms with Crippen LogP contribution in [0.25, 0.3) is 0 Å². The van der Waals surface area contributed by atoms with Crippen LogP contribution in [0.5, 0.6) is 5.75 Å². The topological polar surface area (TPSA) is 110 Å². The second-order valence-electron chi connectivity index (χ2n) is 5.52. The minimum atomic E-state index is -3.57. The van der Waals surface area contributed by atoms with Gasteiger partial charge in [0.2, 0.25) is 0 Å². The summed E-state index contributed by atoms with van der Waals surface area (Å²) in [6.07, 6.45) is 0.893. The van der Waals surface area contributed by atoms with Crippen molar-refractivity contribution in [3.63, 3.8) is 0 Å². The van der Waals surface area contributed by atoms with E-state index < -0.39 is 39.1 Å². The van der Waals surface area contributed by atoms with E-state index in [1.807, 2.05) is 0 Å². The van der Waals surface area contributed by atoms with Gasteiger partial charge >= 0.3 is 5.97 Å². The number of hydrogen-bond donors (Lipinski definition) is 2. The first kappa shape index (κ1) is 19.2. The fourth-order valence-corrected chi connectivity index (χ4v) is 2.61. The number of hydrogen-bond acceptors (Lipinski definition) is 5. The summed E-state index contributed by atoms with van der Waals surface area (Å²) in [5.41, 5.74) is -1.40. The molecule has 0 saturated heterocycles. The van der Waals surface area contributed by atoms with E-state index in [9.17, 15) is 18.0 Å². The molecule has 1 rings (SSSR count). The van der Waals surface area contributed by atoms with Crippen molar-refractivity contribution in [1.82, 2.24) is 5.32 Å². The molecule has 7 nitrogen and oxygen atoms in total. The molecule has 1 aromatic carbocycles. The van der Waals surface area contributed by atoms with Gasteiger partial charge in [-0.05, 0) is 38.1 Å². The molecule has 0 heterocycles. The molecule has 2 N–H and O–H groups in total. The molecule has 0 radical (unpaired) electrons. The number of benzene rings is 1. The van der Waals surface area contributed by atoms with Crippen molar-refractivity contribution in [2.24, 2.45) is 0 Å². The predicted molar refractivity (Wildman–Crippen MR) is 85.4 cm³/mol. The predicted octanol–water partition coefficient (Wildman–Crippen LogP) is 1.11. The average molecular weight is 364 g/mol. The summed E-state index contributed by atoms with van der Waals surface area (Å²) < 4.78 is 28.0. The Morgan fingerprint density at radius 2 is 1.83 bits per heavy atom. The molecule has 0 spiro atoms. The summed E-state index contributed by atoms with van der Waals surface area (Å²) in [5.74, 6) is -2.52. The van der Waals surface area contributed by atoms with Gasteiger partial charge < -0.3 is 15.2 Å². The molecular formula is C14H18ClNO6S. The molecule has 0 unspecified atom stereocenters. The zero-order valence-electron chi connectivity index (χ0n) is 12.9. The number of carboxylic acid groups (broad SMARTS) is 1. The maximum absolute atomic E-state index is 12.2. The first-order valence-corrected chi connectivity index (χ1v) is 9.00. The third-order valence-corrected chi connectivity index (χ3v) is 4.00. The fourth-order valence-electron chi connectivity index (χ4n) is 1.65.